The van der Waals surface area contributed by atoms with Crippen molar-refractivity contribution in [3.8, 4) is 5.88 Å². The zero-order valence-corrected chi connectivity index (χ0v) is 11.0. The highest BCUT2D eigenvalue weighted by atomic mass is 16.7. The molecule has 114 valence electrons. The summed E-state index contributed by atoms with van der Waals surface area (Å²) in [7, 11) is 1.41. The van der Waals surface area contributed by atoms with Crippen molar-refractivity contribution in [2.24, 2.45) is 0 Å². The van der Waals surface area contributed by atoms with Crippen LogP contribution in [-0.2, 0) is 4.74 Å². The third-order valence-electron chi connectivity index (χ3n) is 3.14. The average Bonchev–Trinajstić information content (AvgIpc) is 3.01. The molecule has 0 bridgehead atoms. The zero-order valence-electron chi connectivity index (χ0n) is 11.0. The summed E-state index contributed by atoms with van der Waals surface area (Å²) in [6.07, 6.45) is -2.11. The first-order chi connectivity index (χ1) is 10.1. The number of rotatable bonds is 3. The van der Waals surface area contributed by atoms with Crippen LogP contribution in [0.2, 0.25) is 0 Å². The molecule has 2 aromatic rings. The summed E-state index contributed by atoms with van der Waals surface area (Å²) in [5.41, 5.74) is 6.18. The molecular formula is C10H14N6O5. The fourth-order valence-electron chi connectivity index (χ4n) is 2.13. The van der Waals surface area contributed by atoms with Gasteiger partial charge in [0.1, 0.15) is 12.4 Å². The van der Waals surface area contributed by atoms with Crippen LogP contribution in [0.25, 0.3) is 11.2 Å². The molecule has 0 spiro atoms. The summed E-state index contributed by atoms with van der Waals surface area (Å²) in [4.78, 5) is 12.0. The third kappa shape index (κ3) is 2.07. The molecule has 0 aliphatic carbocycles. The second-order valence-electron chi connectivity index (χ2n) is 4.39. The van der Waals surface area contributed by atoms with Crippen molar-refractivity contribution in [1.29, 1.82) is 0 Å². The Hall–Kier alpha value is -2.05. The van der Waals surface area contributed by atoms with Crippen molar-refractivity contribution in [3.63, 3.8) is 0 Å². The molecule has 0 aromatic carbocycles. The molecule has 0 amide bonds. The summed E-state index contributed by atoms with van der Waals surface area (Å²) in [5, 5.41) is 29.3. The largest absolute Gasteiger partial charge is 0.479 e. The van der Waals surface area contributed by atoms with E-state index in [0.717, 1.165) is 0 Å². The Morgan fingerprint density at radius 1 is 1.48 bits per heavy atom. The molecule has 11 nitrogen and oxygen atoms in total. The van der Waals surface area contributed by atoms with Crippen LogP contribution < -0.4 is 10.5 Å². The topological polar surface area (TPSA) is 152 Å². The van der Waals surface area contributed by atoms with Crippen LogP contribution in [0.5, 0.6) is 5.88 Å². The number of nitrogens with zero attached hydrogens (tertiary/aromatic N) is 5. The van der Waals surface area contributed by atoms with Gasteiger partial charge < -0.3 is 30.6 Å². The number of hydroxylamine groups is 2. The van der Waals surface area contributed by atoms with E-state index in [4.69, 9.17) is 20.3 Å². The van der Waals surface area contributed by atoms with E-state index >= 15 is 0 Å². The summed E-state index contributed by atoms with van der Waals surface area (Å²) in [5.74, 6) is 0.140. The quantitative estimate of drug-likeness (QED) is 0.514. The fourth-order valence-corrected chi connectivity index (χ4v) is 2.13. The standard InChI is InChI=1S/C10H14N6O5/c1-20-7-5-6(13-9(11)14-7)15(3-12-5)10-16(19)8(18)4(2-17)21-10/h3-4,8,10,17-19H,2H2,1H3,(H2,11,13,14). The van der Waals surface area contributed by atoms with Crippen molar-refractivity contribution < 1.29 is 24.9 Å². The number of methoxy groups -OCH3 is 1. The van der Waals surface area contributed by atoms with Gasteiger partial charge >= 0.3 is 0 Å². The number of anilines is 1. The molecule has 3 unspecified atom stereocenters. The molecule has 0 radical (unpaired) electrons. The van der Waals surface area contributed by atoms with E-state index in [2.05, 4.69) is 15.0 Å². The van der Waals surface area contributed by atoms with Crippen LogP contribution >= 0.6 is 0 Å². The number of aromatic nitrogens is 4. The lowest BCUT2D eigenvalue weighted by Crippen LogP contribution is -2.35. The highest BCUT2D eigenvalue weighted by molar-refractivity contribution is 5.77. The van der Waals surface area contributed by atoms with Gasteiger partial charge in [0.2, 0.25) is 18.2 Å². The van der Waals surface area contributed by atoms with Crippen molar-refractivity contribution >= 4 is 17.1 Å². The Morgan fingerprint density at radius 2 is 2.24 bits per heavy atom. The Morgan fingerprint density at radius 3 is 2.86 bits per heavy atom. The zero-order chi connectivity index (χ0) is 15.1. The first kappa shape index (κ1) is 13.9. The Balaban J connectivity index is 2.07. The number of imidazole rings is 1. The maximum atomic E-state index is 9.88. The van der Waals surface area contributed by atoms with Crippen LogP contribution in [0.1, 0.15) is 6.35 Å². The van der Waals surface area contributed by atoms with Gasteiger partial charge in [0, 0.05) is 0 Å². The highest BCUT2D eigenvalue weighted by Crippen LogP contribution is 2.31. The van der Waals surface area contributed by atoms with Gasteiger partial charge in [0.25, 0.3) is 0 Å². The third-order valence-corrected chi connectivity index (χ3v) is 3.14. The number of hydrogen-bond acceptors (Lipinski definition) is 10. The Labute approximate surface area is 118 Å². The smallest absolute Gasteiger partial charge is 0.246 e. The number of fused-ring (bicyclic) bond motifs is 1. The lowest BCUT2D eigenvalue weighted by atomic mass is 10.3. The fraction of sp³-hybridized carbons (Fsp3) is 0.500. The maximum absolute atomic E-state index is 9.88. The van der Waals surface area contributed by atoms with E-state index in [-0.39, 0.29) is 17.5 Å². The van der Waals surface area contributed by atoms with Gasteiger partial charge in [0.05, 0.1) is 13.7 Å². The van der Waals surface area contributed by atoms with Crippen LogP contribution in [0.4, 0.5) is 5.95 Å². The van der Waals surface area contributed by atoms with Crippen LogP contribution in [0.3, 0.4) is 0 Å². The van der Waals surface area contributed by atoms with Gasteiger partial charge in [-0.25, -0.2) is 4.98 Å². The predicted octanol–water partition coefficient (Wildman–Crippen LogP) is -1.73. The van der Waals surface area contributed by atoms with Gasteiger partial charge in [-0.2, -0.15) is 9.97 Å². The van der Waals surface area contributed by atoms with E-state index in [0.29, 0.717) is 10.6 Å². The number of nitrogen functional groups attached to an aromatic ring is 1. The molecule has 3 rings (SSSR count). The lowest BCUT2D eigenvalue weighted by molar-refractivity contribution is -0.234. The monoisotopic (exact) mass is 298 g/mol. The van der Waals surface area contributed by atoms with Gasteiger partial charge in [-0.3, -0.25) is 4.57 Å². The van der Waals surface area contributed by atoms with E-state index in [1.54, 1.807) is 0 Å². The second-order valence-corrected chi connectivity index (χ2v) is 4.39. The normalized spacial score (nSPS) is 26.6. The molecule has 3 atom stereocenters. The molecular weight excluding hydrogens is 284 g/mol. The molecule has 0 saturated carbocycles. The Kier molecular flexibility index (Phi) is 3.35. The first-order valence-corrected chi connectivity index (χ1v) is 6.02. The second kappa shape index (κ2) is 5.05. The van der Waals surface area contributed by atoms with E-state index in [9.17, 15) is 10.3 Å². The van der Waals surface area contributed by atoms with Crippen LogP contribution in [0, 0.1) is 0 Å². The molecule has 5 N–H and O–H groups in total. The predicted molar refractivity (Wildman–Crippen MR) is 66.9 cm³/mol. The van der Waals surface area contributed by atoms with Crippen molar-refractivity contribution in [2.75, 3.05) is 19.5 Å². The molecule has 1 aliphatic heterocycles. The summed E-state index contributed by atoms with van der Waals surface area (Å²) in [6.45, 7) is -0.457. The first-order valence-electron chi connectivity index (χ1n) is 6.02. The summed E-state index contributed by atoms with van der Waals surface area (Å²) in [6, 6.07) is 0. The maximum Gasteiger partial charge on any atom is 0.246 e. The molecule has 11 heteroatoms. The number of hydrogen-bond donors (Lipinski definition) is 4. The van der Waals surface area contributed by atoms with Gasteiger partial charge in [-0.1, -0.05) is 0 Å². The molecule has 3 heterocycles. The summed E-state index contributed by atoms with van der Waals surface area (Å²) >= 11 is 0. The SMILES string of the molecule is COc1nc(N)nc2c1ncn2C1OC(CO)C(O)N1O. The van der Waals surface area contributed by atoms with Crippen LogP contribution in [-0.4, -0.2) is 66.1 Å². The molecule has 1 saturated heterocycles. The number of nitrogens with two attached hydrogens (primary N) is 1. The van der Waals surface area contributed by atoms with Gasteiger partial charge in [0.15, 0.2) is 17.4 Å². The number of ether oxygens (including phenoxy) is 2. The van der Waals surface area contributed by atoms with E-state index < -0.39 is 25.3 Å². The number of aliphatic hydroxyl groups is 2. The average molecular weight is 298 g/mol. The minimum atomic E-state index is -1.38. The van der Waals surface area contributed by atoms with Crippen molar-refractivity contribution in [1.82, 2.24) is 24.6 Å². The lowest BCUT2D eigenvalue weighted by Gasteiger charge is -2.19. The Bertz CT molecular complexity index is 663. The van der Waals surface area contributed by atoms with Crippen LogP contribution in [0.15, 0.2) is 6.33 Å². The number of aliphatic hydroxyl groups excluding tert-OH is 2. The highest BCUT2D eigenvalue weighted by Gasteiger charge is 2.42. The van der Waals surface area contributed by atoms with Crippen molar-refractivity contribution in [2.45, 2.75) is 18.7 Å². The minimum Gasteiger partial charge on any atom is -0.479 e. The van der Waals surface area contributed by atoms with Gasteiger partial charge in [-0.15, -0.1) is 5.06 Å². The van der Waals surface area contributed by atoms with Crippen molar-refractivity contribution in [3.05, 3.63) is 6.33 Å². The van der Waals surface area contributed by atoms with Gasteiger partial charge in [-0.05, 0) is 0 Å². The van der Waals surface area contributed by atoms with E-state index in [1.807, 2.05) is 0 Å². The minimum absolute atomic E-state index is 0.0390. The molecule has 21 heavy (non-hydrogen) atoms. The van der Waals surface area contributed by atoms with E-state index in [1.165, 1.54) is 18.0 Å². The molecule has 2 aromatic heterocycles. The summed E-state index contributed by atoms with van der Waals surface area (Å²) < 4.78 is 11.8. The molecule has 1 fully saturated rings. The molecule has 1 aliphatic rings.